The van der Waals surface area contributed by atoms with Crippen molar-refractivity contribution < 1.29 is 14.5 Å². The van der Waals surface area contributed by atoms with E-state index >= 15 is 0 Å². The van der Waals surface area contributed by atoms with Crippen LogP contribution in [0.5, 0.6) is 5.75 Å². The van der Waals surface area contributed by atoms with Gasteiger partial charge in [0.25, 0.3) is 11.6 Å². The summed E-state index contributed by atoms with van der Waals surface area (Å²) in [6, 6.07) is 2.72. The fourth-order valence-electron chi connectivity index (χ4n) is 1.60. The molecule has 1 aromatic rings. The number of carbonyl (C=O) groups excluding carboxylic acids is 1. The Morgan fingerprint density at radius 3 is 2.50 bits per heavy atom. The predicted octanol–water partition coefficient (Wildman–Crippen LogP) is 2.21. The molecule has 3 N–H and O–H groups in total. The summed E-state index contributed by atoms with van der Waals surface area (Å²) in [7, 11) is 1.43. The molecule has 9 heteroatoms. The number of thioether (sulfide) groups is 1. The number of nitro groups is 1. The van der Waals surface area contributed by atoms with Gasteiger partial charge in [0.05, 0.1) is 23.0 Å². The van der Waals surface area contributed by atoms with E-state index in [1.54, 1.807) is 20.1 Å². The van der Waals surface area contributed by atoms with Gasteiger partial charge in [0.1, 0.15) is 11.3 Å². The maximum absolute atomic E-state index is 12.2. The lowest BCUT2D eigenvalue weighted by atomic mass is 10.1. The largest absolute Gasteiger partial charge is 0.495 e. The van der Waals surface area contributed by atoms with Gasteiger partial charge in [-0.25, -0.2) is 0 Å². The van der Waals surface area contributed by atoms with Crippen molar-refractivity contribution in [3.8, 4) is 5.75 Å². The Labute approximate surface area is 139 Å². The number of nitrogens with two attached hydrogens (primary N) is 1. The third-order valence-corrected chi connectivity index (χ3v) is 3.41. The van der Waals surface area contributed by atoms with E-state index in [0.717, 1.165) is 0 Å². The Morgan fingerprint density at radius 2 is 2.09 bits per heavy atom. The molecule has 0 aliphatic heterocycles. The van der Waals surface area contributed by atoms with Crippen molar-refractivity contribution in [3.05, 3.63) is 27.8 Å². The van der Waals surface area contributed by atoms with E-state index in [1.807, 2.05) is 0 Å². The van der Waals surface area contributed by atoms with Crippen LogP contribution >= 0.6 is 24.2 Å². The van der Waals surface area contributed by atoms with E-state index in [2.05, 4.69) is 5.32 Å². The number of nitro benzene ring substituents is 1. The molecule has 124 valence electrons. The molecule has 22 heavy (non-hydrogen) atoms. The van der Waals surface area contributed by atoms with Gasteiger partial charge >= 0.3 is 0 Å². The molecule has 1 amide bonds. The maximum atomic E-state index is 12.2. The minimum absolute atomic E-state index is 0. The molecular formula is C13H20ClN3O4S. The summed E-state index contributed by atoms with van der Waals surface area (Å²) in [4.78, 5) is 23.3. The Morgan fingerprint density at radius 1 is 1.50 bits per heavy atom. The van der Waals surface area contributed by atoms with Crippen molar-refractivity contribution in [1.82, 2.24) is 5.32 Å². The first-order chi connectivity index (χ1) is 9.69. The van der Waals surface area contributed by atoms with Gasteiger partial charge in [-0.05, 0) is 26.2 Å². The maximum Gasteiger partial charge on any atom is 0.285 e. The van der Waals surface area contributed by atoms with Gasteiger partial charge in [-0.2, -0.15) is 0 Å². The number of halogens is 1. The average molecular weight is 350 g/mol. The summed E-state index contributed by atoms with van der Waals surface area (Å²) in [6.45, 7) is 3.72. The third kappa shape index (κ3) is 5.36. The van der Waals surface area contributed by atoms with Crippen LogP contribution in [0.15, 0.2) is 17.0 Å². The second kappa shape index (κ2) is 8.21. The lowest BCUT2D eigenvalue weighted by Crippen LogP contribution is -2.45. The lowest BCUT2D eigenvalue weighted by Gasteiger charge is -2.19. The Balaban J connectivity index is 0.00000441. The number of hydrogen-bond acceptors (Lipinski definition) is 6. The zero-order valence-electron chi connectivity index (χ0n) is 12.8. The summed E-state index contributed by atoms with van der Waals surface area (Å²) >= 11 is 1.34. The zero-order valence-corrected chi connectivity index (χ0v) is 14.5. The van der Waals surface area contributed by atoms with Gasteiger partial charge in [0.15, 0.2) is 0 Å². The first kappa shape index (κ1) is 20.5. The fraction of sp³-hybridized carbons (Fsp3) is 0.462. The van der Waals surface area contributed by atoms with Crippen LogP contribution < -0.4 is 15.8 Å². The summed E-state index contributed by atoms with van der Waals surface area (Å²) in [6.07, 6.45) is 1.80. The number of methoxy groups -OCH3 is 1. The molecule has 0 aromatic heterocycles. The van der Waals surface area contributed by atoms with Crippen molar-refractivity contribution in [1.29, 1.82) is 0 Å². The summed E-state index contributed by atoms with van der Waals surface area (Å²) < 4.78 is 5.10. The van der Waals surface area contributed by atoms with Crippen LogP contribution in [0.1, 0.15) is 24.2 Å². The SMILES string of the molecule is COc1cc([N+](=O)[O-])c(C(=O)NCC(C)(C)N)cc1SC.Cl. The van der Waals surface area contributed by atoms with Crippen LogP contribution in [0.4, 0.5) is 5.69 Å². The van der Waals surface area contributed by atoms with Gasteiger partial charge in [0.2, 0.25) is 0 Å². The van der Waals surface area contributed by atoms with Gasteiger partial charge in [-0.1, -0.05) is 0 Å². The minimum Gasteiger partial charge on any atom is -0.495 e. The van der Waals surface area contributed by atoms with Gasteiger partial charge < -0.3 is 15.8 Å². The van der Waals surface area contributed by atoms with E-state index < -0.39 is 16.4 Å². The van der Waals surface area contributed by atoms with Crippen molar-refractivity contribution in [2.45, 2.75) is 24.3 Å². The highest BCUT2D eigenvalue weighted by molar-refractivity contribution is 7.98. The van der Waals surface area contributed by atoms with E-state index in [4.69, 9.17) is 10.5 Å². The molecule has 0 radical (unpaired) electrons. The van der Waals surface area contributed by atoms with Gasteiger partial charge in [-0.3, -0.25) is 14.9 Å². The Bertz CT molecular complexity index is 561. The second-order valence-corrected chi connectivity index (χ2v) is 6.00. The minimum atomic E-state index is -0.602. The molecule has 0 saturated heterocycles. The number of amides is 1. The monoisotopic (exact) mass is 349 g/mol. The quantitative estimate of drug-likeness (QED) is 0.463. The molecule has 0 spiro atoms. The predicted molar refractivity (Wildman–Crippen MR) is 89.3 cm³/mol. The topological polar surface area (TPSA) is 107 Å². The summed E-state index contributed by atoms with van der Waals surface area (Å²) in [5, 5.41) is 13.7. The molecule has 1 aromatic carbocycles. The average Bonchev–Trinajstić information content (AvgIpc) is 2.42. The van der Waals surface area contributed by atoms with Crippen molar-refractivity contribution >= 4 is 35.8 Å². The van der Waals surface area contributed by atoms with Crippen LogP contribution in [0.3, 0.4) is 0 Å². The van der Waals surface area contributed by atoms with Crippen LogP contribution in [-0.2, 0) is 0 Å². The van der Waals surface area contributed by atoms with Gasteiger partial charge in [-0.15, -0.1) is 24.2 Å². The molecule has 0 saturated carbocycles. The molecule has 1 rings (SSSR count). The number of nitrogens with zero attached hydrogens (tertiary/aromatic N) is 1. The van der Waals surface area contributed by atoms with Crippen LogP contribution in [0.25, 0.3) is 0 Å². The Kier molecular flexibility index (Phi) is 7.65. The first-order valence-electron chi connectivity index (χ1n) is 6.17. The number of carbonyl (C=O) groups is 1. The van der Waals surface area contributed by atoms with Crippen molar-refractivity contribution in [2.24, 2.45) is 5.73 Å². The first-order valence-corrected chi connectivity index (χ1v) is 7.39. The standard InChI is InChI=1S/C13H19N3O4S.ClH/c1-13(2,14)7-15-12(17)8-5-11(21-4)10(20-3)6-9(8)16(18)19;/h5-6H,7,14H2,1-4H3,(H,15,17);1H. The number of nitrogens with one attached hydrogen (secondary N) is 1. The number of ether oxygens (including phenoxy) is 1. The molecule has 0 aliphatic rings. The van der Waals surface area contributed by atoms with Crippen molar-refractivity contribution in [3.63, 3.8) is 0 Å². The molecule has 0 atom stereocenters. The van der Waals surface area contributed by atoms with E-state index in [0.29, 0.717) is 10.6 Å². The second-order valence-electron chi connectivity index (χ2n) is 5.15. The number of benzene rings is 1. The molecule has 0 bridgehead atoms. The van der Waals surface area contributed by atoms with Crippen LogP contribution in [-0.4, -0.2) is 36.3 Å². The normalized spacial score (nSPS) is 10.6. The highest BCUT2D eigenvalue weighted by Crippen LogP contribution is 2.34. The third-order valence-electron chi connectivity index (χ3n) is 2.65. The molecule has 0 heterocycles. The van der Waals surface area contributed by atoms with Crippen LogP contribution in [0, 0.1) is 10.1 Å². The summed E-state index contributed by atoms with van der Waals surface area (Å²) in [5.41, 5.74) is 4.89. The highest BCUT2D eigenvalue weighted by Gasteiger charge is 2.24. The summed E-state index contributed by atoms with van der Waals surface area (Å²) in [5.74, 6) is -0.164. The Hall–Kier alpha value is -1.51. The van der Waals surface area contributed by atoms with Crippen LogP contribution in [0.2, 0.25) is 0 Å². The fourth-order valence-corrected chi connectivity index (χ4v) is 2.18. The zero-order chi connectivity index (χ0) is 16.2. The lowest BCUT2D eigenvalue weighted by molar-refractivity contribution is -0.385. The molecule has 0 unspecified atom stereocenters. The van der Waals surface area contributed by atoms with E-state index in [-0.39, 0.29) is 30.2 Å². The highest BCUT2D eigenvalue weighted by atomic mass is 35.5. The number of hydrogen-bond donors (Lipinski definition) is 2. The number of rotatable bonds is 6. The molecule has 0 fully saturated rings. The molecular weight excluding hydrogens is 330 g/mol. The molecule has 0 aliphatic carbocycles. The molecule has 7 nitrogen and oxygen atoms in total. The van der Waals surface area contributed by atoms with Crippen molar-refractivity contribution in [2.75, 3.05) is 19.9 Å². The van der Waals surface area contributed by atoms with E-state index in [9.17, 15) is 14.9 Å². The van der Waals surface area contributed by atoms with E-state index in [1.165, 1.54) is 31.0 Å². The van der Waals surface area contributed by atoms with Gasteiger partial charge in [0, 0.05) is 12.1 Å². The smallest absolute Gasteiger partial charge is 0.285 e.